The van der Waals surface area contributed by atoms with Gasteiger partial charge in [0.25, 0.3) is 0 Å². The molecule has 2 nitrogen and oxygen atoms in total. The maximum Gasteiger partial charge on any atom is 0.0699 e. The zero-order chi connectivity index (χ0) is 5.56. The number of hydrogen-bond acceptors (Lipinski definition) is 2. The van der Waals surface area contributed by atoms with E-state index < -0.39 is 0 Å². The Balaban J connectivity index is 2.02. The molecule has 2 heteroatoms. The molecule has 2 N–H and O–H groups in total. The first-order chi connectivity index (χ1) is 3.88. The summed E-state index contributed by atoms with van der Waals surface area (Å²) in [6.07, 6.45) is 2.29. The van der Waals surface area contributed by atoms with E-state index in [1.54, 1.807) is 0 Å². The van der Waals surface area contributed by atoms with Crippen molar-refractivity contribution < 1.29 is 5.11 Å². The second-order valence-electron chi connectivity index (χ2n) is 2.83. The minimum atomic E-state index is -0.0255. The number of hydrogen-bond donors (Lipinski definition) is 2. The Bertz CT molecular complexity index is 105. The molecule has 0 radical (unpaired) electrons. The first-order valence-corrected chi connectivity index (χ1v) is 3.29. The van der Waals surface area contributed by atoms with Gasteiger partial charge in [-0.05, 0) is 25.3 Å². The van der Waals surface area contributed by atoms with Crippen molar-refractivity contribution >= 4 is 0 Å². The van der Waals surface area contributed by atoms with Gasteiger partial charge in [0, 0.05) is 6.04 Å². The second-order valence-corrected chi connectivity index (χ2v) is 2.83. The molecule has 46 valence electrons. The van der Waals surface area contributed by atoms with Gasteiger partial charge in [-0.1, -0.05) is 0 Å². The fourth-order valence-corrected chi connectivity index (χ4v) is 1.76. The van der Waals surface area contributed by atoms with Crippen molar-refractivity contribution in [1.82, 2.24) is 5.32 Å². The van der Waals surface area contributed by atoms with Crippen LogP contribution < -0.4 is 5.32 Å². The first-order valence-electron chi connectivity index (χ1n) is 3.29. The van der Waals surface area contributed by atoms with Gasteiger partial charge in [-0.25, -0.2) is 0 Å². The van der Waals surface area contributed by atoms with Crippen LogP contribution in [0.5, 0.6) is 0 Å². The Kier molecular flexibility index (Phi) is 0.866. The van der Waals surface area contributed by atoms with Crippen molar-refractivity contribution in [2.45, 2.75) is 25.0 Å². The van der Waals surface area contributed by atoms with E-state index in [1.165, 1.54) is 6.42 Å². The van der Waals surface area contributed by atoms with E-state index in [4.69, 9.17) is 5.11 Å². The molecule has 0 aromatic rings. The highest BCUT2D eigenvalue weighted by Gasteiger charge is 2.42. The second kappa shape index (κ2) is 1.45. The zero-order valence-electron chi connectivity index (χ0n) is 4.80. The molecule has 1 saturated carbocycles. The summed E-state index contributed by atoms with van der Waals surface area (Å²) in [5.74, 6) is 0.810. The normalized spacial score (nSPS) is 52.9. The predicted molar refractivity (Wildman–Crippen MR) is 30.5 cm³/mol. The van der Waals surface area contributed by atoms with Crippen LogP contribution in [0.15, 0.2) is 0 Å². The molecule has 0 aromatic carbocycles. The number of fused-ring (bicyclic) bond motifs is 1. The molecule has 1 saturated heterocycles. The molecule has 8 heavy (non-hydrogen) atoms. The molecular weight excluding hydrogens is 102 g/mol. The molecule has 0 amide bonds. The van der Waals surface area contributed by atoms with Gasteiger partial charge >= 0.3 is 0 Å². The Morgan fingerprint density at radius 2 is 2.38 bits per heavy atom. The third-order valence-corrected chi connectivity index (χ3v) is 2.36. The van der Waals surface area contributed by atoms with E-state index >= 15 is 0 Å². The molecule has 1 aliphatic heterocycles. The summed E-state index contributed by atoms with van der Waals surface area (Å²) in [4.78, 5) is 0. The van der Waals surface area contributed by atoms with Crippen molar-refractivity contribution in [3.63, 3.8) is 0 Å². The Hall–Kier alpha value is -0.0800. The van der Waals surface area contributed by atoms with Crippen molar-refractivity contribution in [2.75, 3.05) is 6.54 Å². The summed E-state index contributed by atoms with van der Waals surface area (Å²) in [7, 11) is 0. The maximum absolute atomic E-state index is 9.06. The molecule has 3 unspecified atom stereocenters. The standard InChI is InChI=1S/C6H11NO/c8-5-3-4-1-2-7-6(4)5/h4-8H,1-3H2. The fourth-order valence-electron chi connectivity index (χ4n) is 1.76. The van der Waals surface area contributed by atoms with Gasteiger partial charge < -0.3 is 10.4 Å². The molecule has 2 aliphatic rings. The quantitative estimate of drug-likeness (QED) is 0.453. The van der Waals surface area contributed by atoms with Gasteiger partial charge in [-0.15, -0.1) is 0 Å². The average molecular weight is 113 g/mol. The van der Waals surface area contributed by atoms with Crippen LogP contribution in [-0.2, 0) is 0 Å². The lowest BCUT2D eigenvalue weighted by Crippen LogP contribution is -2.49. The van der Waals surface area contributed by atoms with Crippen molar-refractivity contribution in [1.29, 1.82) is 0 Å². The molecule has 1 heterocycles. The SMILES string of the molecule is OC1CC2CCNC12. The lowest BCUT2D eigenvalue weighted by Gasteiger charge is -2.35. The van der Waals surface area contributed by atoms with Crippen molar-refractivity contribution in [3.8, 4) is 0 Å². The van der Waals surface area contributed by atoms with Crippen LogP contribution in [0.2, 0.25) is 0 Å². The Morgan fingerprint density at radius 1 is 1.50 bits per heavy atom. The van der Waals surface area contributed by atoms with Crippen LogP contribution in [0.4, 0.5) is 0 Å². The van der Waals surface area contributed by atoms with Gasteiger partial charge in [0.2, 0.25) is 0 Å². The third kappa shape index (κ3) is 0.446. The van der Waals surface area contributed by atoms with Gasteiger partial charge in [-0.3, -0.25) is 0 Å². The molecule has 0 spiro atoms. The van der Waals surface area contributed by atoms with Crippen LogP contribution >= 0.6 is 0 Å². The van der Waals surface area contributed by atoms with E-state index in [1.807, 2.05) is 0 Å². The molecule has 3 atom stereocenters. The average Bonchev–Trinajstić information content (AvgIpc) is 2.09. The summed E-state index contributed by atoms with van der Waals surface area (Å²) in [5, 5.41) is 12.3. The summed E-state index contributed by atoms with van der Waals surface area (Å²) < 4.78 is 0. The van der Waals surface area contributed by atoms with Crippen LogP contribution in [0.25, 0.3) is 0 Å². The summed E-state index contributed by atoms with van der Waals surface area (Å²) in [5.41, 5.74) is 0. The fraction of sp³-hybridized carbons (Fsp3) is 1.00. The van der Waals surface area contributed by atoms with Crippen LogP contribution in [0.1, 0.15) is 12.8 Å². The molecular formula is C6H11NO. The minimum absolute atomic E-state index is 0.0255. The highest BCUT2D eigenvalue weighted by Crippen LogP contribution is 2.34. The number of aliphatic hydroxyl groups is 1. The topological polar surface area (TPSA) is 32.3 Å². The monoisotopic (exact) mass is 113 g/mol. The third-order valence-electron chi connectivity index (χ3n) is 2.36. The largest absolute Gasteiger partial charge is 0.391 e. The van der Waals surface area contributed by atoms with Crippen LogP contribution in [-0.4, -0.2) is 23.8 Å². The number of nitrogens with one attached hydrogen (secondary N) is 1. The van der Waals surface area contributed by atoms with Crippen molar-refractivity contribution in [3.05, 3.63) is 0 Å². The van der Waals surface area contributed by atoms with Gasteiger partial charge in [0.05, 0.1) is 6.10 Å². The van der Waals surface area contributed by atoms with Crippen molar-refractivity contribution in [2.24, 2.45) is 5.92 Å². The maximum atomic E-state index is 9.06. The number of rotatable bonds is 0. The summed E-state index contributed by atoms with van der Waals surface area (Å²) in [6.45, 7) is 1.12. The smallest absolute Gasteiger partial charge is 0.0699 e. The van der Waals surface area contributed by atoms with E-state index in [-0.39, 0.29) is 6.10 Å². The van der Waals surface area contributed by atoms with Gasteiger partial charge in [-0.2, -0.15) is 0 Å². The highest BCUT2D eigenvalue weighted by molar-refractivity contribution is 4.99. The molecule has 2 fully saturated rings. The van der Waals surface area contributed by atoms with Crippen LogP contribution in [0, 0.1) is 5.92 Å². The summed E-state index contributed by atoms with van der Waals surface area (Å²) >= 11 is 0. The highest BCUT2D eigenvalue weighted by atomic mass is 16.3. The lowest BCUT2D eigenvalue weighted by molar-refractivity contribution is 0.0207. The number of aliphatic hydroxyl groups excluding tert-OH is 1. The van der Waals surface area contributed by atoms with E-state index in [0.29, 0.717) is 6.04 Å². The summed E-state index contributed by atoms with van der Waals surface area (Å²) in [6, 6.07) is 0.468. The Labute approximate surface area is 48.9 Å². The lowest BCUT2D eigenvalue weighted by atomic mass is 9.78. The predicted octanol–water partition coefficient (Wildman–Crippen LogP) is -0.271. The molecule has 0 bridgehead atoms. The van der Waals surface area contributed by atoms with Gasteiger partial charge in [0.1, 0.15) is 0 Å². The van der Waals surface area contributed by atoms with E-state index in [0.717, 1.165) is 18.9 Å². The molecule has 0 aromatic heterocycles. The Morgan fingerprint density at radius 3 is 2.88 bits per heavy atom. The van der Waals surface area contributed by atoms with Crippen LogP contribution in [0.3, 0.4) is 0 Å². The van der Waals surface area contributed by atoms with Gasteiger partial charge in [0.15, 0.2) is 0 Å². The van der Waals surface area contributed by atoms with E-state index in [2.05, 4.69) is 5.32 Å². The van der Waals surface area contributed by atoms with E-state index in [9.17, 15) is 0 Å². The molecule has 1 aliphatic carbocycles. The zero-order valence-corrected chi connectivity index (χ0v) is 4.80. The molecule has 2 rings (SSSR count). The first kappa shape index (κ1) is 4.77. The minimum Gasteiger partial charge on any atom is -0.391 e.